The summed E-state index contributed by atoms with van der Waals surface area (Å²) in [5.41, 5.74) is 1.10. The topological polar surface area (TPSA) is 24.7 Å². The van der Waals surface area contributed by atoms with E-state index >= 15 is 0 Å². The van der Waals surface area contributed by atoms with Crippen LogP contribution in [0.4, 0.5) is 0 Å². The van der Waals surface area contributed by atoms with E-state index in [4.69, 9.17) is 6.57 Å². The lowest BCUT2D eigenvalue weighted by molar-refractivity contribution is -0.132. The van der Waals surface area contributed by atoms with Gasteiger partial charge in [-0.25, -0.2) is 0 Å². The van der Waals surface area contributed by atoms with Gasteiger partial charge in [-0.1, -0.05) is 35.2 Å². The monoisotopic (exact) mass is 243 g/mol. The number of benzene rings is 1. The highest BCUT2D eigenvalue weighted by Crippen LogP contribution is 2.14. The Morgan fingerprint density at radius 2 is 1.89 bits per heavy atom. The van der Waals surface area contributed by atoms with E-state index in [0.29, 0.717) is 6.42 Å². The van der Waals surface area contributed by atoms with Crippen LogP contribution >= 0.6 is 0 Å². The summed E-state index contributed by atoms with van der Waals surface area (Å²) < 4.78 is 0. The second-order valence-corrected chi connectivity index (χ2v) is 4.74. The predicted molar refractivity (Wildman–Crippen MR) is 72.7 cm³/mol. The molecule has 1 fully saturated rings. The maximum absolute atomic E-state index is 12.3. The van der Waals surface area contributed by atoms with Crippen molar-refractivity contribution in [3.05, 3.63) is 40.7 Å². The molecule has 0 N–H and O–H groups in total. The summed E-state index contributed by atoms with van der Waals surface area (Å²) in [6.45, 7) is 7.10. The Balaban J connectivity index is 2.00. The van der Waals surface area contributed by atoms with E-state index in [2.05, 4.69) is 4.85 Å². The number of hydrogen-bond acceptors (Lipinski definition) is 1. The molecule has 1 aromatic carbocycles. The molecule has 1 amide bonds. The zero-order chi connectivity index (χ0) is 12.8. The van der Waals surface area contributed by atoms with Crippen molar-refractivity contribution >= 4 is 5.91 Å². The predicted octanol–water partition coefficient (Wildman–Crippen LogP) is 2.57. The van der Waals surface area contributed by atoms with Crippen molar-refractivity contribution in [3.8, 4) is 6.57 Å². The minimum atomic E-state index is -0.439. The number of hydrogen-bond donors (Lipinski definition) is 0. The van der Waals surface area contributed by atoms with Crippen molar-refractivity contribution in [1.29, 1.82) is 0 Å². The lowest BCUT2D eigenvalue weighted by atomic mass is 10.0. The Labute approximate surface area is 108 Å². The maximum Gasteiger partial charge on any atom is 0.352 e. The van der Waals surface area contributed by atoms with Gasteiger partial charge >= 0.3 is 11.9 Å². The Morgan fingerprint density at radius 3 is 2.50 bits per heavy atom. The van der Waals surface area contributed by atoms with E-state index in [0.717, 1.165) is 31.5 Å². The highest BCUT2D eigenvalue weighted by atomic mass is 16.2. The lowest BCUT2D eigenvalue weighted by Crippen LogP contribution is -2.41. The van der Waals surface area contributed by atoms with Gasteiger partial charge in [-0.2, -0.15) is 0 Å². The summed E-state index contributed by atoms with van der Waals surface area (Å²) in [7, 11) is 0. The van der Waals surface area contributed by atoms with Crippen molar-refractivity contribution in [2.45, 2.75) is 31.7 Å². The van der Waals surface area contributed by atoms with Gasteiger partial charge in [0.15, 0.2) is 0 Å². The molecule has 1 unspecified atom stereocenters. The molecule has 0 spiro atoms. The standard InChI is InChI=1S/C15H19N2O/c1-16-14(12-13-8-4-2-5-9-13)15(18)17-10-6-3-7-11-17/h1-2,4-5,8-9,14H,3,6-7,10-12H2/q+1. The average molecular weight is 243 g/mol. The molecule has 1 aliphatic rings. The van der Waals surface area contributed by atoms with Gasteiger partial charge < -0.3 is 4.90 Å². The van der Waals surface area contributed by atoms with E-state index in [1.54, 1.807) is 0 Å². The first-order valence-corrected chi connectivity index (χ1v) is 6.54. The first-order valence-electron chi connectivity index (χ1n) is 6.54. The van der Waals surface area contributed by atoms with Crippen LogP contribution in [0.2, 0.25) is 0 Å². The number of nitrogens with zero attached hydrogens (tertiary/aromatic N) is 2. The third-order valence-electron chi connectivity index (χ3n) is 3.40. The minimum absolute atomic E-state index is 0.0704. The first kappa shape index (κ1) is 12.6. The number of amides is 1. The number of carbonyl (C=O) groups excluding carboxylic acids is 1. The molecule has 18 heavy (non-hydrogen) atoms. The summed E-state index contributed by atoms with van der Waals surface area (Å²) in [6, 6.07) is 9.46. The molecule has 3 nitrogen and oxygen atoms in total. The molecule has 2 rings (SSSR count). The second kappa shape index (κ2) is 6.20. The van der Waals surface area contributed by atoms with Gasteiger partial charge in [0.1, 0.15) is 0 Å². The summed E-state index contributed by atoms with van der Waals surface area (Å²) >= 11 is 0. The van der Waals surface area contributed by atoms with Crippen LogP contribution < -0.4 is 0 Å². The van der Waals surface area contributed by atoms with Crippen molar-refractivity contribution in [2.75, 3.05) is 13.1 Å². The Morgan fingerprint density at radius 1 is 1.22 bits per heavy atom. The second-order valence-electron chi connectivity index (χ2n) is 4.74. The summed E-state index contributed by atoms with van der Waals surface area (Å²) in [4.78, 5) is 17.9. The summed E-state index contributed by atoms with van der Waals surface area (Å²) in [5, 5.41) is 0. The molecule has 0 saturated carbocycles. The first-order chi connectivity index (χ1) is 8.81. The quantitative estimate of drug-likeness (QED) is 0.800. The number of piperidine rings is 1. The molecule has 0 aliphatic carbocycles. The SMILES string of the molecule is C#[N+]C(Cc1ccccc1)C(=O)N1CCCCC1. The fourth-order valence-corrected chi connectivity index (χ4v) is 2.37. The number of likely N-dealkylation sites (tertiary alicyclic amines) is 1. The Kier molecular flexibility index (Phi) is 4.35. The summed E-state index contributed by atoms with van der Waals surface area (Å²) in [6.07, 6.45) is 3.99. The molecule has 1 heterocycles. The molecule has 0 aromatic heterocycles. The minimum Gasteiger partial charge on any atom is -0.336 e. The van der Waals surface area contributed by atoms with Gasteiger partial charge in [0.25, 0.3) is 6.57 Å². The summed E-state index contributed by atoms with van der Waals surface area (Å²) in [5.74, 6) is 0.0704. The Hall–Kier alpha value is -1.82. The van der Waals surface area contributed by atoms with Crippen molar-refractivity contribution in [3.63, 3.8) is 0 Å². The fourth-order valence-electron chi connectivity index (χ4n) is 2.37. The van der Waals surface area contributed by atoms with Crippen LogP contribution in [0.5, 0.6) is 0 Å². The average Bonchev–Trinajstić information content (AvgIpc) is 2.46. The van der Waals surface area contributed by atoms with Gasteiger partial charge in [-0.15, -0.1) is 0 Å². The molecule has 3 heteroatoms. The number of rotatable bonds is 3. The molecule has 0 bridgehead atoms. The van der Waals surface area contributed by atoms with Crippen LogP contribution in [0.3, 0.4) is 0 Å². The van der Waals surface area contributed by atoms with Crippen molar-refractivity contribution in [1.82, 2.24) is 4.90 Å². The smallest absolute Gasteiger partial charge is 0.336 e. The van der Waals surface area contributed by atoms with Crippen LogP contribution in [-0.2, 0) is 11.2 Å². The molecular formula is C15H19N2O+. The van der Waals surface area contributed by atoms with E-state index < -0.39 is 6.04 Å². The van der Waals surface area contributed by atoms with Crippen LogP contribution in [0.25, 0.3) is 4.85 Å². The molecular weight excluding hydrogens is 224 g/mol. The van der Waals surface area contributed by atoms with Crippen LogP contribution in [0.1, 0.15) is 24.8 Å². The van der Waals surface area contributed by atoms with Gasteiger partial charge in [0, 0.05) is 13.1 Å². The molecule has 1 aromatic rings. The van der Waals surface area contributed by atoms with Crippen molar-refractivity contribution < 1.29 is 4.79 Å². The van der Waals surface area contributed by atoms with Gasteiger partial charge in [0.2, 0.25) is 0 Å². The van der Waals surface area contributed by atoms with Gasteiger partial charge in [-0.05, 0) is 24.8 Å². The van der Waals surface area contributed by atoms with Gasteiger partial charge in [-0.3, -0.25) is 4.79 Å². The fraction of sp³-hybridized carbons (Fsp3) is 0.467. The Bertz CT molecular complexity index is 430. The van der Waals surface area contributed by atoms with Crippen LogP contribution in [0, 0.1) is 6.57 Å². The van der Waals surface area contributed by atoms with Crippen LogP contribution in [0.15, 0.2) is 30.3 Å². The third-order valence-corrected chi connectivity index (χ3v) is 3.40. The van der Waals surface area contributed by atoms with Gasteiger partial charge in [0.05, 0.1) is 6.42 Å². The van der Waals surface area contributed by atoms with E-state index in [1.807, 2.05) is 35.2 Å². The van der Waals surface area contributed by atoms with Crippen LogP contribution in [-0.4, -0.2) is 29.9 Å². The van der Waals surface area contributed by atoms with E-state index in [-0.39, 0.29) is 5.91 Å². The maximum atomic E-state index is 12.3. The normalized spacial score (nSPS) is 16.9. The zero-order valence-electron chi connectivity index (χ0n) is 10.6. The lowest BCUT2D eigenvalue weighted by Gasteiger charge is -2.26. The molecule has 0 radical (unpaired) electrons. The van der Waals surface area contributed by atoms with Crippen molar-refractivity contribution in [2.24, 2.45) is 0 Å². The molecule has 94 valence electrons. The van der Waals surface area contributed by atoms with E-state index in [9.17, 15) is 4.79 Å². The largest absolute Gasteiger partial charge is 0.352 e. The highest BCUT2D eigenvalue weighted by molar-refractivity contribution is 5.84. The molecule has 1 aliphatic heterocycles. The molecule has 1 saturated heterocycles. The van der Waals surface area contributed by atoms with E-state index in [1.165, 1.54) is 6.42 Å². The number of carbonyl (C=O) groups is 1. The zero-order valence-corrected chi connectivity index (χ0v) is 10.6. The highest BCUT2D eigenvalue weighted by Gasteiger charge is 2.32. The molecule has 1 atom stereocenters. The third kappa shape index (κ3) is 3.10.